The van der Waals surface area contributed by atoms with Gasteiger partial charge in [0.25, 0.3) is 0 Å². The van der Waals surface area contributed by atoms with E-state index >= 15 is 0 Å². The molecule has 3 atom stereocenters. The van der Waals surface area contributed by atoms with Crippen LogP contribution in [0.1, 0.15) is 16.7 Å². The Kier molecular flexibility index (Phi) is 9.85. The molecule has 4 rings (SSSR count). The Morgan fingerprint density at radius 1 is 0.683 bits per heavy atom. The van der Waals surface area contributed by atoms with Gasteiger partial charge in [-0.3, -0.25) is 14.4 Å². The molecule has 0 radical (unpaired) electrons. The largest absolute Gasteiger partial charge is 0.480 e. The molecular formula is C31H33N5O5. The van der Waals surface area contributed by atoms with Crippen molar-refractivity contribution in [3.8, 4) is 0 Å². The molecular weight excluding hydrogens is 522 g/mol. The van der Waals surface area contributed by atoms with Crippen molar-refractivity contribution in [2.75, 3.05) is 6.54 Å². The zero-order valence-electron chi connectivity index (χ0n) is 22.4. The van der Waals surface area contributed by atoms with Gasteiger partial charge in [-0.25, -0.2) is 4.79 Å². The number of nitrogens with two attached hydrogens (primary N) is 1. The Labute approximate surface area is 237 Å². The fourth-order valence-electron chi connectivity index (χ4n) is 4.64. The van der Waals surface area contributed by atoms with Gasteiger partial charge in [-0.1, -0.05) is 78.9 Å². The van der Waals surface area contributed by atoms with E-state index in [0.29, 0.717) is 0 Å². The summed E-state index contributed by atoms with van der Waals surface area (Å²) in [5, 5.41) is 18.7. The molecule has 3 unspecified atom stereocenters. The molecule has 10 heteroatoms. The van der Waals surface area contributed by atoms with Gasteiger partial charge < -0.3 is 31.8 Å². The monoisotopic (exact) mass is 555 g/mol. The van der Waals surface area contributed by atoms with Crippen LogP contribution >= 0.6 is 0 Å². The predicted octanol–water partition coefficient (Wildman–Crippen LogP) is 1.69. The van der Waals surface area contributed by atoms with Crippen LogP contribution < -0.4 is 21.7 Å². The average molecular weight is 556 g/mol. The number of carboxylic acids is 1. The number of para-hydroxylation sites is 1. The van der Waals surface area contributed by atoms with E-state index in [-0.39, 0.29) is 25.8 Å². The number of aliphatic carboxylic acids is 1. The van der Waals surface area contributed by atoms with Crippen molar-refractivity contribution in [3.63, 3.8) is 0 Å². The summed E-state index contributed by atoms with van der Waals surface area (Å²) in [7, 11) is 0. The molecule has 1 heterocycles. The number of rotatable bonds is 13. The Bertz CT molecular complexity index is 1490. The molecule has 0 bridgehead atoms. The van der Waals surface area contributed by atoms with Crippen LogP contribution in [0, 0.1) is 0 Å². The second-order valence-electron chi connectivity index (χ2n) is 9.73. The van der Waals surface area contributed by atoms with E-state index in [2.05, 4.69) is 20.9 Å². The van der Waals surface area contributed by atoms with Crippen molar-refractivity contribution in [1.29, 1.82) is 0 Å². The lowest BCUT2D eigenvalue weighted by molar-refractivity contribution is -0.142. The number of aromatic amines is 1. The van der Waals surface area contributed by atoms with Crippen LogP contribution in [-0.4, -0.2) is 58.5 Å². The minimum Gasteiger partial charge on any atom is -0.480 e. The number of carboxylic acid groups (broad SMARTS) is 1. The van der Waals surface area contributed by atoms with Crippen LogP contribution in [0.3, 0.4) is 0 Å². The molecule has 3 aromatic carbocycles. The Morgan fingerprint density at radius 3 is 1.78 bits per heavy atom. The predicted molar refractivity (Wildman–Crippen MR) is 155 cm³/mol. The molecule has 41 heavy (non-hydrogen) atoms. The van der Waals surface area contributed by atoms with Crippen LogP contribution in [-0.2, 0) is 38.4 Å². The number of amides is 3. The third-order valence-electron chi connectivity index (χ3n) is 6.75. The van der Waals surface area contributed by atoms with Gasteiger partial charge in [0, 0.05) is 36.4 Å². The maximum atomic E-state index is 13.6. The first-order chi connectivity index (χ1) is 19.8. The first-order valence-corrected chi connectivity index (χ1v) is 13.3. The molecule has 4 aromatic rings. The van der Waals surface area contributed by atoms with E-state index in [1.54, 1.807) is 30.5 Å². The topological polar surface area (TPSA) is 166 Å². The maximum absolute atomic E-state index is 13.6. The number of benzene rings is 3. The van der Waals surface area contributed by atoms with Crippen molar-refractivity contribution < 1.29 is 24.3 Å². The standard InChI is InChI=1S/C31H33N5O5/c32-18-28(37)34-26(17-22-19-33-24-14-8-7-13-23(22)24)30(39)35-25(15-20-9-3-1-4-10-20)29(38)36-27(31(40)41)16-21-11-5-2-6-12-21/h1-14,19,25-27,33H,15-18,32H2,(H,34,37)(H,35,39)(H,36,38)(H,40,41). The van der Waals surface area contributed by atoms with Crippen molar-refractivity contribution in [3.05, 3.63) is 108 Å². The summed E-state index contributed by atoms with van der Waals surface area (Å²) < 4.78 is 0. The van der Waals surface area contributed by atoms with Gasteiger partial charge in [0.15, 0.2) is 0 Å². The van der Waals surface area contributed by atoms with Gasteiger partial charge in [-0.05, 0) is 22.8 Å². The molecule has 0 aliphatic heterocycles. The molecule has 0 fully saturated rings. The van der Waals surface area contributed by atoms with Gasteiger partial charge in [0.05, 0.1) is 6.54 Å². The molecule has 212 valence electrons. The van der Waals surface area contributed by atoms with Crippen LogP contribution in [0.15, 0.2) is 91.1 Å². The van der Waals surface area contributed by atoms with Crippen molar-refractivity contribution in [2.24, 2.45) is 5.73 Å². The number of fused-ring (bicyclic) bond motifs is 1. The first-order valence-electron chi connectivity index (χ1n) is 13.3. The number of carbonyl (C=O) groups excluding carboxylic acids is 3. The van der Waals surface area contributed by atoms with Crippen molar-refractivity contribution in [2.45, 2.75) is 37.4 Å². The number of nitrogens with one attached hydrogen (secondary N) is 4. The molecule has 10 nitrogen and oxygen atoms in total. The number of hydrogen-bond acceptors (Lipinski definition) is 5. The van der Waals surface area contributed by atoms with Crippen LogP contribution in [0.5, 0.6) is 0 Å². The molecule has 0 saturated heterocycles. The molecule has 0 spiro atoms. The highest BCUT2D eigenvalue weighted by atomic mass is 16.4. The number of carbonyl (C=O) groups is 4. The van der Waals surface area contributed by atoms with Gasteiger partial charge in [0.1, 0.15) is 18.1 Å². The lowest BCUT2D eigenvalue weighted by Crippen LogP contribution is -2.57. The summed E-state index contributed by atoms with van der Waals surface area (Å²) in [5.74, 6) is -2.97. The van der Waals surface area contributed by atoms with Gasteiger partial charge >= 0.3 is 5.97 Å². The smallest absolute Gasteiger partial charge is 0.326 e. The quantitative estimate of drug-likeness (QED) is 0.147. The van der Waals surface area contributed by atoms with E-state index in [9.17, 15) is 24.3 Å². The summed E-state index contributed by atoms with van der Waals surface area (Å²) >= 11 is 0. The van der Waals surface area contributed by atoms with E-state index in [4.69, 9.17) is 5.73 Å². The lowest BCUT2D eigenvalue weighted by atomic mass is 10.0. The Balaban J connectivity index is 1.56. The maximum Gasteiger partial charge on any atom is 0.326 e. The zero-order valence-corrected chi connectivity index (χ0v) is 22.4. The van der Waals surface area contributed by atoms with Gasteiger partial charge in [0.2, 0.25) is 17.7 Å². The molecule has 1 aromatic heterocycles. The van der Waals surface area contributed by atoms with Gasteiger partial charge in [-0.15, -0.1) is 0 Å². The second kappa shape index (κ2) is 13.9. The highest BCUT2D eigenvalue weighted by Crippen LogP contribution is 2.19. The Hall–Kier alpha value is -4.96. The van der Waals surface area contributed by atoms with E-state index in [1.807, 2.05) is 60.7 Å². The highest BCUT2D eigenvalue weighted by molar-refractivity contribution is 5.94. The average Bonchev–Trinajstić information content (AvgIpc) is 3.39. The fourth-order valence-corrected chi connectivity index (χ4v) is 4.64. The van der Waals surface area contributed by atoms with Crippen LogP contribution in [0.2, 0.25) is 0 Å². The SMILES string of the molecule is NCC(=O)NC(Cc1c[nH]c2ccccc12)C(=O)NC(Cc1ccccc1)C(=O)NC(Cc1ccccc1)C(=O)O. The highest BCUT2D eigenvalue weighted by Gasteiger charge is 2.30. The van der Waals surface area contributed by atoms with Crippen molar-refractivity contribution in [1.82, 2.24) is 20.9 Å². The number of aromatic nitrogens is 1. The minimum absolute atomic E-state index is 0.0731. The fraction of sp³-hybridized carbons (Fsp3) is 0.226. The summed E-state index contributed by atoms with van der Waals surface area (Å²) in [6.45, 7) is -0.314. The van der Waals surface area contributed by atoms with Crippen LogP contribution in [0.25, 0.3) is 10.9 Å². The van der Waals surface area contributed by atoms with E-state index in [1.165, 1.54) is 0 Å². The summed E-state index contributed by atoms with van der Waals surface area (Å²) in [6, 6.07) is 22.2. The summed E-state index contributed by atoms with van der Waals surface area (Å²) in [4.78, 5) is 54.5. The number of hydrogen-bond donors (Lipinski definition) is 6. The molecule has 0 aliphatic rings. The summed E-state index contributed by atoms with van der Waals surface area (Å²) in [6.07, 6.45) is 2.10. The molecule has 0 aliphatic carbocycles. The Morgan fingerprint density at radius 2 is 1.20 bits per heavy atom. The first kappa shape index (κ1) is 29.0. The molecule has 3 amide bonds. The lowest BCUT2D eigenvalue weighted by Gasteiger charge is -2.25. The second-order valence-corrected chi connectivity index (χ2v) is 9.73. The molecule has 0 saturated carbocycles. The third kappa shape index (κ3) is 8.02. The number of H-pyrrole nitrogens is 1. The molecule has 7 N–H and O–H groups in total. The van der Waals surface area contributed by atoms with Crippen LogP contribution in [0.4, 0.5) is 0 Å². The van der Waals surface area contributed by atoms with Crippen molar-refractivity contribution >= 4 is 34.6 Å². The van der Waals surface area contributed by atoms with E-state index < -0.39 is 41.8 Å². The summed E-state index contributed by atoms with van der Waals surface area (Å²) in [5.41, 5.74) is 8.70. The zero-order chi connectivity index (χ0) is 29.2. The van der Waals surface area contributed by atoms with Gasteiger partial charge in [-0.2, -0.15) is 0 Å². The normalized spacial score (nSPS) is 13.1. The van der Waals surface area contributed by atoms with E-state index in [0.717, 1.165) is 27.6 Å². The third-order valence-corrected chi connectivity index (χ3v) is 6.75. The minimum atomic E-state index is -1.21.